The molecule has 0 saturated carbocycles. The number of ether oxygens (including phenoxy) is 1. The van der Waals surface area contributed by atoms with Crippen LogP contribution in [-0.2, 0) is 26.1 Å². The SMILES string of the molecule is CC(C)Cn1cncc1CNCc1ccc2c(c1)CCO2. The third-order valence-electron chi connectivity index (χ3n) is 3.75. The lowest BCUT2D eigenvalue weighted by atomic mass is 10.1. The number of hydrogen-bond acceptors (Lipinski definition) is 3. The molecule has 112 valence electrons. The molecule has 1 aromatic carbocycles. The van der Waals surface area contributed by atoms with Gasteiger partial charge in [0.05, 0.1) is 18.6 Å². The van der Waals surface area contributed by atoms with Crippen LogP contribution in [-0.4, -0.2) is 16.2 Å². The van der Waals surface area contributed by atoms with Crippen LogP contribution in [0.25, 0.3) is 0 Å². The summed E-state index contributed by atoms with van der Waals surface area (Å²) in [7, 11) is 0. The van der Waals surface area contributed by atoms with Crippen LogP contribution in [0.1, 0.15) is 30.7 Å². The smallest absolute Gasteiger partial charge is 0.122 e. The average Bonchev–Trinajstić information content (AvgIpc) is 3.07. The van der Waals surface area contributed by atoms with Gasteiger partial charge in [0.25, 0.3) is 0 Å². The van der Waals surface area contributed by atoms with Crippen molar-refractivity contribution in [3.8, 4) is 5.75 Å². The van der Waals surface area contributed by atoms with Crippen molar-refractivity contribution in [2.45, 2.75) is 39.9 Å². The van der Waals surface area contributed by atoms with Crippen LogP contribution in [0.4, 0.5) is 0 Å². The first-order valence-electron chi connectivity index (χ1n) is 7.66. The van der Waals surface area contributed by atoms with Crippen molar-refractivity contribution >= 4 is 0 Å². The summed E-state index contributed by atoms with van der Waals surface area (Å²) in [4.78, 5) is 4.25. The first-order valence-corrected chi connectivity index (χ1v) is 7.66. The van der Waals surface area contributed by atoms with Crippen LogP contribution in [0.3, 0.4) is 0 Å². The zero-order chi connectivity index (χ0) is 14.7. The van der Waals surface area contributed by atoms with Gasteiger partial charge in [-0.2, -0.15) is 0 Å². The number of nitrogens with zero attached hydrogens (tertiary/aromatic N) is 2. The molecule has 0 amide bonds. The summed E-state index contributed by atoms with van der Waals surface area (Å²) in [6, 6.07) is 6.48. The Bertz CT molecular complexity index is 604. The number of nitrogens with one attached hydrogen (secondary N) is 1. The minimum Gasteiger partial charge on any atom is -0.493 e. The molecule has 3 rings (SSSR count). The van der Waals surface area contributed by atoms with Gasteiger partial charge in [0, 0.05) is 32.3 Å². The molecule has 0 bridgehead atoms. The van der Waals surface area contributed by atoms with Gasteiger partial charge in [0.15, 0.2) is 0 Å². The van der Waals surface area contributed by atoms with Crippen molar-refractivity contribution in [2.75, 3.05) is 6.61 Å². The second-order valence-corrected chi connectivity index (χ2v) is 6.08. The van der Waals surface area contributed by atoms with Crippen molar-refractivity contribution in [3.63, 3.8) is 0 Å². The van der Waals surface area contributed by atoms with Crippen LogP contribution >= 0.6 is 0 Å². The average molecular weight is 285 g/mol. The Kier molecular flexibility index (Phi) is 4.25. The third-order valence-corrected chi connectivity index (χ3v) is 3.75. The van der Waals surface area contributed by atoms with Crippen LogP contribution < -0.4 is 10.1 Å². The minimum absolute atomic E-state index is 0.634. The molecular weight excluding hydrogens is 262 g/mol. The molecule has 0 spiro atoms. The van der Waals surface area contributed by atoms with Crippen molar-refractivity contribution < 1.29 is 4.74 Å². The second-order valence-electron chi connectivity index (χ2n) is 6.08. The molecular formula is C17H23N3O. The van der Waals surface area contributed by atoms with E-state index in [9.17, 15) is 0 Å². The normalized spacial score (nSPS) is 13.5. The predicted molar refractivity (Wildman–Crippen MR) is 83.2 cm³/mol. The first-order chi connectivity index (χ1) is 10.2. The van der Waals surface area contributed by atoms with Gasteiger partial charge in [-0.3, -0.25) is 0 Å². The Morgan fingerprint density at radius 1 is 1.33 bits per heavy atom. The summed E-state index contributed by atoms with van der Waals surface area (Å²) in [5, 5.41) is 3.51. The van der Waals surface area contributed by atoms with Crippen LogP contribution in [0.5, 0.6) is 5.75 Å². The summed E-state index contributed by atoms with van der Waals surface area (Å²) in [6.45, 7) is 8.02. The molecule has 0 saturated heterocycles. The Morgan fingerprint density at radius 2 is 2.24 bits per heavy atom. The van der Waals surface area contributed by atoms with Gasteiger partial charge < -0.3 is 14.6 Å². The summed E-state index contributed by atoms with van der Waals surface area (Å²) < 4.78 is 7.77. The molecule has 0 fully saturated rings. The molecule has 4 nitrogen and oxygen atoms in total. The molecule has 1 aliphatic heterocycles. The number of imidazole rings is 1. The largest absolute Gasteiger partial charge is 0.493 e. The highest BCUT2D eigenvalue weighted by Gasteiger charge is 2.11. The summed E-state index contributed by atoms with van der Waals surface area (Å²) in [5.41, 5.74) is 3.89. The fourth-order valence-corrected chi connectivity index (χ4v) is 2.74. The summed E-state index contributed by atoms with van der Waals surface area (Å²) in [6.07, 6.45) is 4.90. The van der Waals surface area contributed by atoms with Gasteiger partial charge in [-0.1, -0.05) is 26.0 Å². The van der Waals surface area contributed by atoms with Gasteiger partial charge in [-0.25, -0.2) is 4.98 Å². The Labute approximate surface area is 126 Å². The quantitative estimate of drug-likeness (QED) is 0.887. The number of rotatable bonds is 6. The van der Waals surface area contributed by atoms with Gasteiger partial charge >= 0.3 is 0 Å². The zero-order valence-corrected chi connectivity index (χ0v) is 12.8. The standard InChI is InChI=1S/C17H23N3O/c1-13(2)11-20-12-19-10-16(20)9-18-8-14-3-4-17-15(7-14)5-6-21-17/h3-4,7,10,12-13,18H,5-6,8-9,11H2,1-2H3. The van der Waals surface area contributed by atoms with Crippen molar-refractivity contribution in [1.82, 2.24) is 14.9 Å². The molecule has 1 aromatic heterocycles. The molecule has 0 atom stereocenters. The Hall–Kier alpha value is -1.81. The first kappa shape index (κ1) is 14.1. The van der Waals surface area contributed by atoms with Gasteiger partial charge in [-0.15, -0.1) is 0 Å². The van der Waals surface area contributed by atoms with E-state index in [0.717, 1.165) is 38.4 Å². The van der Waals surface area contributed by atoms with E-state index >= 15 is 0 Å². The third kappa shape index (κ3) is 3.45. The minimum atomic E-state index is 0.634. The van der Waals surface area contributed by atoms with Crippen LogP contribution in [0.15, 0.2) is 30.7 Å². The number of benzene rings is 1. The topological polar surface area (TPSA) is 39.1 Å². The molecule has 0 radical (unpaired) electrons. The molecule has 0 aliphatic carbocycles. The molecule has 4 heteroatoms. The highest BCUT2D eigenvalue weighted by molar-refractivity contribution is 5.39. The summed E-state index contributed by atoms with van der Waals surface area (Å²) >= 11 is 0. The van der Waals surface area contributed by atoms with E-state index in [0.29, 0.717) is 5.92 Å². The number of hydrogen-bond donors (Lipinski definition) is 1. The molecule has 2 heterocycles. The van der Waals surface area contributed by atoms with Gasteiger partial charge in [-0.05, 0) is 23.1 Å². The maximum Gasteiger partial charge on any atom is 0.122 e. The molecule has 1 aliphatic rings. The van der Waals surface area contributed by atoms with Crippen LogP contribution in [0.2, 0.25) is 0 Å². The lowest BCUT2D eigenvalue weighted by Gasteiger charge is -2.11. The number of aromatic nitrogens is 2. The fraction of sp³-hybridized carbons (Fsp3) is 0.471. The van der Waals surface area contributed by atoms with Crippen LogP contribution in [0, 0.1) is 5.92 Å². The number of fused-ring (bicyclic) bond motifs is 1. The van der Waals surface area contributed by atoms with Crippen molar-refractivity contribution in [1.29, 1.82) is 0 Å². The summed E-state index contributed by atoms with van der Waals surface area (Å²) in [5.74, 6) is 1.68. The van der Waals surface area contributed by atoms with E-state index < -0.39 is 0 Å². The van der Waals surface area contributed by atoms with Crippen molar-refractivity contribution in [3.05, 3.63) is 47.5 Å². The lowest BCUT2D eigenvalue weighted by Crippen LogP contribution is -2.17. The van der Waals surface area contributed by atoms with Crippen molar-refractivity contribution in [2.24, 2.45) is 5.92 Å². The molecule has 0 unspecified atom stereocenters. The molecule has 1 N–H and O–H groups in total. The lowest BCUT2D eigenvalue weighted by molar-refractivity contribution is 0.357. The van der Waals surface area contributed by atoms with E-state index in [1.54, 1.807) is 0 Å². The zero-order valence-electron chi connectivity index (χ0n) is 12.8. The highest BCUT2D eigenvalue weighted by atomic mass is 16.5. The maximum absolute atomic E-state index is 5.54. The molecule has 21 heavy (non-hydrogen) atoms. The van der Waals surface area contributed by atoms with E-state index in [1.165, 1.54) is 16.8 Å². The highest BCUT2D eigenvalue weighted by Crippen LogP contribution is 2.25. The Balaban J connectivity index is 1.55. The van der Waals surface area contributed by atoms with Gasteiger partial charge in [0.1, 0.15) is 5.75 Å². The van der Waals surface area contributed by atoms with E-state index in [4.69, 9.17) is 4.74 Å². The predicted octanol–water partition coefficient (Wildman–Crippen LogP) is 2.76. The molecule has 2 aromatic rings. The van der Waals surface area contributed by atoms with E-state index in [1.807, 2.05) is 12.5 Å². The van der Waals surface area contributed by atoms with Gasteiger partial charge in [0.2, 0.25) is 0 Å². The Morgan fingerprint density at radius 3 is 3.10 bits per heavy atom. The van der Waals surface area contributed by atoms with E-state index in [2.05, 4.69) is 46.9 Å². The fourth-order valence-electron chi connectivity index (χ4n) is 2.74. The van der Waals surface area contributed by atoms with E-state index in [-0.39, 0.29) is 0 Å². The monoisotopic (exact) mass is 285 g/mol. The maximum atomic E-state index is 5.54. The second kappa shape index (κ2) is 6.31.